The highest BCUT2D eigenvalue weighted by Gasteiger charge is 2.39. The van der Waals surface area contributed by atoms with Crippen LogP contribution in [0.15, 0.2) is 42.5 Å². The molecule has 0 bridgehead atoms. The van der Waals surface area contributed by atoms with Crippen molar-refractivity contribution in [2.24, 2.45) is 11.3 Å². The van der Waals surface area contributed by atoms with Crippen molar-refractivity contribution >= 4 is 23.6 Å². The Hall–Kier alpha value is -4.17. The molecule has 240 valence electrons. The number of urea groups is 1. The van der Waals surface area contributed by atoms with Gasteiger partial charge in [0, 0.05) is 18.2 Å². The molecule has 1 aliphatic rings. The summed E-state index contributed by atoms with van der Waals surface area (Å²) in [6.07, 6.45) is -7.24. The van der Waals surface area contributed by atoms with Crippen LogP contribution in [0.1, 0.15) is 80.9 Å². The SMILES string of the molecule is C.CC(C)(C)C1CCC(N(Cc2ccc(C(=O)Nc3nn[nH]n3)cc2)C(=O)Nc2cc(C(F)(F)F)ccc2C(F)(F)F)CC1. The van der Waals surface area contributed by atoms with Crippen molar-refractivity contribution in [3.8, 4) is 0 Å². The summed E-state index contributed by atoms with van der Waals surface area (Å²) in [5.41, 5.74) is -2.85. The lowest BCUT2D eigenvalue weighted by Crippen LogP contribution is -2.45. The first-order valence-electron chi connectivity index (χ1n) is 13.5. The Labute approximate surface area is 250 Å². The topological polar surface area (TPSA) is 116 Å². The third-order valence-electron chi connectivity index (χ3n) is 7.66. The Bertz CT molecular complexity index is 1410. The Morgan fingerprint density at radius 3 is 2.07 bits per heavy atom. The summed E-state index contributed by atoms with van der Waals surface area (Å²) in [5.74, 6) is -0.186. The number of nitrogens with zero attached hydrogens (tertiary/aromatic N) is 4. The highest BCUT2D eigenvalue weighted by molar-refractivity contribution is 6.03. The normalized spacial score (nSPS) is 17.4. The Morgan fingerprint density at radius 2 is 1.55 bits per heavy atom. The van der Waals surface area contributed by atoms with Crippen LogP contribution in [0.4, 0.5) is 42.8 Å². The minimum Gasteiger partial charge on any atom is -0.317 e. The van der Waals surface area contributed by atoms with Gasteiger partial charge in [0.15, 0.2) is 0 Å². The van der Waals surface area contributed by atoms with Crippen LogP contribution < -0.4 is 10.6 Å². The largest absolute Gasteiger partial charge is 0.418 e. The number of nitrogens with one attached hydrogen (secondary N) is 3. The maximum atomic E-state index is 13.7. The van der Waals surface area contributed by atoms with E-state index < -0.39 is 41.1 Å². The quantitative estimate of drug-likeness (QED) is 0.242. The maximum absolute atomic E-state index is 13.7. The molecule has 15 heteroatoms. The zero-order valence-corrected chi connectivity index (χ0v) is 23.6. The summed E-state index contributed by atoms with van der Waals surface area (Å²) in [5, 5.41) is 17.4. The zero-order valence-electron chi connectivity index (χ0n) is 23.6. The first kappa shape index (κ1) is 34.3. The van der Waals surface area contributed by atoms with E-state index >= 15 is 0 Å². The highest BCUT2D eigenvalue weighted by Crippen LogP contribution is 2.41. The van der Waals surface area contributed by atoms with E-state index in [1.807, 2.05) is 0 Å². The Morgan fingerprint density at radius 1 is 0.909 bits per heavy atom. The average Bonchev–Trinajstić information content (AvgIpc) is 3.43. The number of halogens is 6. The van der Waals surface area contributed by atoms with E-state index in [9.17, 15) is 35.9 Å². The molecule has 3 amide bonds. The summed E-state index contributed by atoms with van der Waals surface area (Å²) < 4.78 is 81.2. The van der Waals surface area contributed by atoms with Crippen LogP contribution in [0.3, 0.4) is 0 Å². The molecular weight excluding hydrogens is 592 g/mol. The van der Waals surface area contributed by atoms with Crippen molar-refractivity contribution in [2.75, 3.05) is 10.6 Å². The summed E-state index contributed by atoms with van der Waals surface area (Å²) >= 11 is 0. The predicted molar refractivity (Wildman–Crippen MR) is 152 cm³/mol. The van der Waals surface area contributed by atoms with E-state index in [1.54, 1.807) is 12.1 Å². The van der Waals surface area contributed by atoms with Gasteiger partial charge < -0.3 is 10.2 Å². The minimum absolute atomic E-state index is 0. The van der Waals surface area contributed by atoms with Crippen LogP contribution in [0.25, 0.3) is 0 Å². The molecule has 0 aliphatic heterocycles. The molecule has 1 heterocycles. The van der Waals surface area contributed by atoms with Crippen molar-refractivity contribution in [3.05, 3.63) is 64.7 Å². The van der Waals surface area contributed by atoms with Crippen LogP contribution in [-0.2, 0) is 18.9 Å². The van der Waals surface area contributed by atoms with Gasteiger partial charge in [0.2, 0.25) is 0 Å². The van der Waals surface area contributed by atoms with E-state index in [2.05, 4.69) is 52.0 Å². The third-order valence-corrected chi connectivity index (χ3v) is 7.66. The molecule has 0 unspecified atom stereocenters. The molecule has 1 saturated carbocycles. The van der Waals surface area contributed by atoms with Crippen molar-refractivity contribution in [3.63, 3.8) is 0 Å². The number of aromatic nitrogens is 4. The first-order chi connectivity index (χ1) is 20.0. The van der Waals surface area contributed by atoms with Gasteiger partial charge in [-0.05, 0) is 78.1 Å². The average molecular weight is 628 g/mol. The van der Waals surface area contributed by atoms with E-state index in [4.69, 9.17) is 0 Å². The highest BCUT2D eigenvalue weighted by atomic mass is 19.4. The summed E-state index contributed by atoms with van der Waals surface area (Å²) in [7, 11) is 0. The fourth-order valence-electron chi connectivity index (χ4n) is 5.23. The summed E-state index contributed by atoms with van der Waals surface area (Å²) in [6.45, 7) is 6.30. The fourth-order valence-corrected chi connectivity index (χ4v) is 5.23. The lowest BCUT2D eigenvalue weighted by atomic mass is 9.71. The molecule has 3 N–H and O–H groups in total. The number of benzene rings is 2. The van der Waals surface area contributed by atoms with E-state index in [0.29, 0.717) is 42.5 Å². The second kappa shape index (κ2) is 13.2. The minimum atomic E-state index is -5.00. The number of rotatable bonds is 6. The van der Waals surface area contributed by atoms with Gasteiger partial charge in [-0.2, -0.15) is 31.6 Å². The van der Waals surface area contributed by atoms with Gasteiger partial charge in [0.05, 0.1) is 16.8 Å². The number of amides is 3. The molecule has 1 aromatic heterocycles. The zero-order chi connectivity index (χ0) is 31.6. The molecule has 1 fully saturated rings. The molecule has 0 radical (unpaired) electrons. The van der Waals surface area contributed by atoms with Gasteiger partial charge in [-0.1, -0.05) is 45.4 Å². The number of anilines is 2. The summed E-state index contributed by atoms with van der Waals surface area (Å²) in [4.78, 5) is 27.4. The molecule has 2 aromatic carbocycles. The lowest BCUT2D eigenvalue weighted by molar-refractivity contribution is -0.140. The number of carbonyl (C=O) groups is 2. The molecule has 0 saturated heterocycles. The standard InChI is InChI=1S/C28H31F6N7O2.CH4/c1-26(2,3)18-8-11-20(12-9-18)41(15-16-4-6-17(7-5-16)23(42)36-24-37-39-40-38-24)25(43)35-22-14-19(27(29,30)31)10-13-21(22)28(32,33)34;/h4-7,10,13-14,18,20H,8-9,11-12,15H2,1-3H3,(H,35,43)(H2,36,37,38,39,40,42);1H4. The number of hydrogen-bond donors (Lipinski definition) is 3. The van der Waals surface area contributed by atoms with Gasteiger partial charge in [0.1, 0.15) is 0 Å². The molecule has 0 spiro atoms. The Kier molecular flexibility index (Phi) is 10.3. The number of tetrazole rings is 1. The van der Waals surface area contributed by atoms with Crippen LogP contribution in [0, 0.1) is 11.3 Å². The van der Waals surface area contributed by atoms with Crippen molar-refractivity contribution in [1.29, 1.82) is 0 Å². The smallest absolute Gasteiger partial charge is 0.317 e. The number of aromatic amines is 1. The van der Waals surface area contributed by atoms with E-state index in [0.717, 1.165) is 12.8 Å². The van der Waals surface area contributed by atoms with Crippen molar-refractivity contribution in [2.45, 2.75) is 78.8 Å². The molecular formula is C29H35F6N7O2. The van der Waals surface area contributed by atoms with Crippen molar-refractivity contribution < 1.29 is 35.9 Å². The Balaban J connectivity index is 0.00000529. The molecule has 1 aliphatic carbocycles. The number of alkyl halides is 6. The van der Waals surface area contributed by atoms with Crippen LogP contribution in [0.2, 0.25) is 0 Å². The second-order valence-electron chi connectivity index (χ2n) is 11.6. The van der Waals surface area contributed by atoms with Gasteiger partial charge in [-0.25, -0.2) is 4.79 Å². The maximum Gasteiger partial charge on any atom is 0.418 e. The number of carbonyl (C=O) groups excluding carboxylic acids is 2. The van der Waals surface area contributed by atoms with Gasteiger partial charge >= 0.3 is 18.4 Å². The summed E-state index contributed by atoms with van der Waals surface area (Å²) in [6, 6.07) is 5.76. The van der Waals surface area contributed by atoms with E-state index in [-0.39, 0.29) is 36.9 Å². The third kappa shape index (κ3) is 8.47. The molecule has 0 atom stereocenters. The van der Waals surface area contributed by atoms with Crippen molar-refractivity contribution in [1.82, 2.24) is 25.5 Å². The predicted octanol–water partition coefficient (Wildman–Crippen LogP) is 7.76. The van der Waals surface area contributed by atoms with Gasteiger partial charge in [-0.15, -0.1) is 5.10 Å². The van der Waals surface area contributed by atoms with Gasteiger partial charge in [0.25, 0.3) is 11.9 Å². The van der Waals surface area contributed by atoms with Crippen LogP contribution in [0.5, 0.6) is 0 Å². The number of hydrogen-bond acceptors (Lipinski definition) is 5. The molecule has 3 aromatic rings. The molecule has 9 nitrogen and oxygen atoms in total. The van der Waals surface area contributed by atoms with Gasteiger partial charge in [-0.3, -0.25) is 10.1 Å². The monoisotopic (exact) mass is 627 g/mol. The molecule has 4 rings (SSSR count). The van der Waals surface area contributed by atoms with E-state index in [1.165, 1.54) is 17.0 Å². The second-order valence-corrected chi connectivity index (χ2v) is 11.6. The first-order valence-corrected chi connectivity index (χ1v) is 13.5. The fraction of sp³-hybridized carbons (Fsp3) is 0.483. The molecule has 44 heavy (non-hydrogen) atoms. The van der Waals surface area contributed by atoms with Crippen LogP contribution in [-0.4, -0.2) is 43.5 Å². The van der Waals surface area contributed by atoms with Crippen LogP contribution >= 0.6 is 0 Å². The number of H-pyrrole nitrogens is 1. The lowest BCUT2D eigenvalue weighted by Gasteiger charge is -2.41.